The Labute approximate surface area is 261 Å². The molecule has 1 N–H and O–H groups in total. The van der Waals surface area contributed by atoms with Gasteiger partial charge in [0.25, 0.3) is 0 Å². The zero-order chi connectivity index (χ0) is 31.8. The van der Waals surface area contributed by atoms with Gasteiger partial charge >= 0.3 is 12.1 Å². The number of aromatic carboxylic acids is 1. The molecule has 240 valence electrons. The van der Waals surface area contributed by atoms with E-state index in [2.05, 4.69) is 15.0 Å². The molecule has 0 amide bonds. The average Bonchev–Trinajstić information content (AvgIpc) is 3.56. The highest BCUT2D eigenvalue weighted by atomic mass is 19.4. The van der Waals surface area contributed by atoms with Crippen LogP contribution >= 0.6 is 0 Å². The van der Waals surface area contributed by atoms with Gasteiger partial charge in [-0.1, -0.05) is 18.2 Å². The number of likely N-dealkylation sites (tertiary alicyclic amines) is 1. The number of carboxylic acid groups (broad SMARTS) is 1. The Hall–Kier alpha value is -4.56. The maximum atomic E-state index is 13.0. The first-order chi connectivity index (χ1) is 22.2. The number of fused-ring (bicyclic) bond motifs is 2. The van der Waals surface area contributed by atoms with E-state index in [-0.39, 0.29) is 24.3 Å². The molecule has 0 bridgehead atoms. The molecule has 0 radical (unpaired) electrons. The Morgan fingerprint density at radius 1 is 1.04 bits per heavy atom. The summed E-state index contributed by atoms with van der Waals surface area (Å²) in [6, 6.07) is 14.1. The number of ether oxygens (including phenoxy) is 2. The number of imidazole rings is 1. The van der Waals surface area contributed by atoms with Gasteiger partial charge in [0.15, 0.2) is 11.3 Å². The first-order valence-corrected chi connectivity index (χ1v) is 15.2. The Morgan fingerprint density at radius 3 is 2.61 bits per heavy atom. The van der Waals surface area contributed by atoms with Crippen LogP contribution in [0.2, 0.25) is 0 Å². The van der Waals surface area contributed by atoms with Crippen LogP contribution in [0, 0.1) is 0 Å². The van der Waals surface area contributed by atoms with Gasteiger partial charge in [-0.3, -0.25) is 9.58 Å². The van der Waals surface area contributed by atoms with Crippen LogP contribution in [0.3, 0.4) is 0 Å². The molecule has 7 rings (SSSR count). The van der Waals surface area contributed by atoms with Crippen molar-refractivity contribution < 1.29 is 32.5 Å². The van der Waals surface area contributed by atoms with E-state index >= 15 is 0 Å². The summed E-state index contributed by atoms with van der Waals surface area (Å²) in [7, 11) is 0. The number of piperidine rings is 1. The number of carbonyl (C=O) groups is 1. The molecule has 0 saturated carbocycles. The molecule has 2 fully saturated rings. The van der Waals surface area contributed by atoms with E-state index in [4.69, 9.17) is 19.4 Å². The minimum absolute atomic E-state index is 0.0105. The number of rotatable bonds is 10. The van der Waals surface area contributed by atoms with E-state index in [1.165, 1.54) is 12.3 Å². The second-order valence-electron chi connectivity index (χ2n) is 11.8. The number of halogens is 3. The highest BCUT2D eigenvalue weighted by molar-refractivity contribution is 5.88. The van der Waals surface area contributed by atoms with Gasteiger partial charge in [-0.2, -0.15) is 18.3 Å². The van der Waals surface area contributed by atoms with Crippen LogP contribution in [0.15, 0.2) is 54.7 Å². The van der Waals surface area contributed by atoms with E-state index < -0.39 is 18.7 Å². The Balaban J connectivity index is 0.988. The zero-order valence-electron chi connectivity index (χ0n) is 24.9. The van der Waals surface area contributed by atoms with Gasteiger partial charge < -0.3 is 19.1 Å². The molecule has 2 aliphatic heterocycles. The summed E-state index contributed by atoms with van der Waals surface area (Å²) >= 11 is 0. The number of hydrogen-bond donors (Lipinski definition) is 1. The average molecular weight is 636 g/mol. The third kappa shape index (κ3) is 6.53. The van der Waals surface area contributed by atoms with Gasteiger partial charge in [0.2, 0.25) is 5.88 Å². The first kappa shape index (κ1) is 30.1. The largest absolute Gasteiger partial charge is 0.477 e. The fourth-order valence-electron chi connectivity index (χ4n) is 6.10. The van der Waals surface area contributed by atoms with Gasteiger partial charge in [-0.25, -0.2) is 19.7 Å². The lowest BCUT2D eigenvalue weighted by Crippen LogP contribution is -2.35. The Morgan fingerprint density at radius 2 is 1.87 bits per heavy atom. The molecule has 46 heavy (non-hydrogen) atoms. The molecule has 0 aliphatic carbocycles. The molecular weight excluding hydrogens is 603 g/mol. The molecule has 1 aromatic carbocycles. The van der Waals surface area contributed by atoms with Crippen molar-refractivity contribution >= 4 is 28.0 Å². The minimum atomic E-state index is -4.36. The van der Waals surface area contributed by atoms with Crippen LogP contribution < -0.4 is 4.74 Å². The zero-order valence-corrected chi connectivity index (χ0v) is 24.9. The van der Waals surface area contributed by atoms with Crippen LogP contribution in [0.1, 0.15) is 52.8 Å². The predicted molar refractivity (Wildman–Crippen MR) is 160 cm³/mol. The van der Waals surface area contributed by atoms with Crippen molar-refractivity contribution in [3.05, 3.63) is 77.5 Å². The monoisotopic (exact) mass is 635 g/mol. The number of carboxylic acids is 1. The third-order valence-corrected chi connectivity index (χ3v) is 8.61. The van der Waals surface area contributed by atoms with E-state index in [9.17, 15) is 23.1 Å². The summed E-state index contributed by atoms with van der Waals surface area (Å²) in [6.07, 6.45) is -0.135. The lowest BCUT2D eigenvalue weighted by Gasteiger charge is -2.32. The van der Waals surface area contributed by atoms with E-state index in [0.717, 1.165) is 60.7 Å². The SMILES string of the molecule is O=C(O)c1ccc2nc(CN3CCC(c4cccc(OCc5ccc6cnn(CC(F)(F)F)c6c5)n4)CC3)n(C[C@@H]3CCO3)c2n1. The summed E-state index contributed by atoms with van der Waals surface area (Å²) in [5.41, 5.74) is 3.29. The summed E-state index contributed by atoms with van der Waals surface area (Å²) in [6.45, 7) is 2.60. The molecule has 2 aliphatic rings. The number of aromatic nitrogens is 6. The van der Waals surface area contributed by atoms with Crippen molar-refractivity contribution in [1.29, 1.82) is 0 Å². The maximum absolute atomic E-state index is 13.0. The van der Waals surface area contributed by atoms with Crippen molar-refractivity contribution in [3.63, 3.8) is 0 Å². The van der Waals surface area contributed by atoms with Crippen molar-refractivity contribution in [2.45, 2.75) is 63.7 Å². The summed E-state index contributed by atoms with van der Waals surface area (Å²) in [4.78, 5) is 27.8. The topological polar surface area (TPSA) is 120 Å². The van der Waals surface area contributed by atoms with Gasteiger partial charge in [0.05, 0.1) is 30.9 Å². The molecule has 2 saturated heterocycles. The van der Waals surface area contributed by atoms with Gasteiger partial charge in [0.1, 0.15) is 24.5 Å². The summed E-state index contributed by atoms with van der Waals surface area (Å²) in [5, 5.41) is 14.0. The van der Waals surface area contributed by atoms with Gasteiger partial charge in [-0.15, -0.1) is 0 Å². The second kappa shape index (κ2) is 12.3. The van der Waals surface area contributed by atoms with Crippen LogP contribution in [-0.2, 0) is 31.0 Å². The molecule has 14 heteroatoms. The fraction of sp³-hybridized carbons (Fsp3) is 0.406. The van der Waals surface area contributed by atoms with Gasteiger partial charge in [0, 0.05) is 29.7 Å². The number of hydrogen-bond acceptors (Lipinski definition) is 8. The van der Waals surface area contributed by atoms with Crippen LogP contribution in [-0.4, -0.2) is 77.3 Å². The number of benzene rings is 1. The van der Waals surface area contributed by atoms with E-state index in [0.29, 0.717) is 41.0 Å². The number of alkyl halides is 3. The van der Waals surface area contributed by atoms with E-state index in [1.807, 2.05) is 22.8 Å². The third-order valence-electron chi connectivity index (χ3n) is 8.61. The Kier molecular flexibility index (Phi) is 8.07. The molecule has 0 spiro atoms. The van der Waals surface area contributed by atoms with Gasteiger partial charge in [-0.05, 0) is 62.2 Å². The number of nitrogens with zero attached hydrogens (tertiary/aromatic N) is 7. The second-order valence-corrected chi connectivity index (χ2v) is 11.8. The molecule has 1 atom stereocenters. The molecule has 6 heterocycles. The predicted octanol–water partition coefficient (Wildman–Crippen LogP) is 5.18. The molecule has 4 aromatic heterocycles. The lowest BCUT2D eigenvalue weighted by molar-refractivity contribution is -0.141. The maximum Gasteiger partial charge on any atom is 0.408 e. The van der Waals surface area contributed by atoms with Crippen molar-refractivity contribution in [1.82, 2.24) is 34.2 Å². The summed E-state index contributed by atoms with van der Waals surface area (Å²) in [5.74, 6) is 0.474. The summed E-state index contributed by atoms with van der Waals surface area (Å²) < 4.78 is 53.4. The highest BCUT2D eigenvalue weighted by Gasteiger charge is 2.29. The van der Waals surface area contributed by atoms with Crippen molar-refractivity contribution in [2.75, 3.05) is 19.7 Å². The Bertz CT molecular complexity index is 1880. The van der Waals surface area contributed by atoms with Crippen molar-refractivity contribution in [3.8, 4) is 5.88 Å². The fourth-order valence-corrected chi connectivity index (χ4v) is 6.10. The molecular formula is C32H32F3N7O4. The number of pyridine rings is 2. The standard InChI is InChI=1S/C32H32F3N7O4/c33-32(34,35)19-42-27-14-20(4-5-22(27)15-36-42)18-46-29-3-1-2-24(38-29)21-8-11-40(12-9-21)17-28-37-25-6-7-26(31(43)44)39-30(25)41(28)16-23-10-13-45-23/h1-7,14-15,21,23H,8-13,16-19H2,(H,43,44)/t23-/m0/s1. The van der Waals surface area contributed by atoms with Crippen LogP contribution in [0.5, 0.6) is 5.88 Å². The molecule has 5 aromatic rings. The van der Waals surface area contributed by atoms with Crippen LogP contribution in [0.4, 0.5) is 13.2 Å². The normalized spacial score (nSPS) is 17.8. The van der Waals surface area contributed by atoms with Crippen LogP contribution in [0.25, 0.3) is 22.1 Å². The minimum Gasteiger partial charge on any atom is -0.477 e. The quantitative estimate of drug-likeness (QED) is 0.221. The highest BCUT2D eigenvalue weighted by Crippen LogP contribution is 2.30. The smallest absolute Gasteiger partial charge is 0.408 e. The lowest BCUT2D eigenvalue weighted by atomic mass is 9.93. The molecule has 11 nitrogen and oxygen atoms in total. The first-order valence-electron chi connectivity index (χ1n) is 15.2. The van der Waals surface area contributed by atoms with E-state index in [1.54, 1.807) is 24.3 Å². The molecule has 0 unspecified atom stereocenters. The van der Waals surface area contributed by atoms with Crippen molar-refractivity contribution in [2.24, 2.45) is 0 Å².